The molecule has 0 aliphatic heterocycles. The third kappa shape index (κ3) is 3.37. The van der Waals surface area contributed by atoms with Gasteiger partial charge in [-0.2, -0.15) is 0 Å². The van der Waals surface area contributed by atoms with Crippen molar-refractivity contribution in [3.63, 3.8) is 0 Å². The number of hydrogen-bond donors (Lipinski definition) is 0. The summed E-state index contributed by atoms with van der Waals surface area (Å²) in [6, 6.07) is 11.3. The van der Waals surface area contributed by atoms with Gasteiger partial charge in [0, 0.05) is 60.5 Å². The smallest absolute Gasteiger partial charge is 0.364 e. The molecule has 0 spiro atoms. The fourth-order valence-corrected chi connectivity index (χ4v) is 4.55. The van der Waals surface area contributed by atoms with E-state index in [1.165, 1.54) is 0 Å². The summed E-state index contributed by atoms with van der Waals surface area (Å²) < 4.78 is 11.3. The molecule has 8 nitrogen and oxygen atoms in total. The van der Waals surface area contributed by atoms with E-state index in [9.17, 15) is 9.59 Å². The van der Waals surface area contributed by atoms with Crippen molar-refractivity contribution in [3.05, 3.63) is 57.2 Å². The molecule has 0 aliphatic carbocycles. The molecule has 0 fully saturated rings. The monoisotopic (exact) mass is 458 g/mol. The highest BCUT2D eigenvalue weighted by atomic mass is 16.4. The van der Waals surface area contributed by atoms with Crippen LogP contribution in [0, 0.1) is 0 Å². The Balaban J connectivity index is 1.80. The Kier molecular flexibility index (Phi) is 5.43. The zero-order valence-electron chi connectivity index (χ0n) is 19.7. The number of aromatic nitrogens is 2. The maximum Gasteiger partial charge on any atom is 0.364 e. The number of hydrogen-bond acceptors (Lipinski definition) is 8. The van der Waals surface area contributed by atoms with Gasteiger partial charge in [-0.25, -0.2) is 19.6 Å². The maximum absolute atomic E-state index is 12.9. The van der Waals surface area contributed by atoms with E-state index in [0.29, 0.717) is 33.0 Å². The Bertz CT molecular complexity index is 1540. The zero-order chi connectivity index (χ0) is 24.0. The van der Waals surface area contributed by atoms with Crippen LogP contribution in [0.2, 0.25) is 0 Å². The largest absolute Gasteiger partial charge is 0.421 e. The van der Waals surface area contributed by atoms with Crippen LogP contribution in [0.25, 0.3) is 44.0 Å². The molecule has 0 amide bonds. The van der Waals surface area contributed by atoms with Gasteiger partial charge in [-0.15, -0.1) is 0 Å². The minimum Gasteiger partial charge on any atom is -0.421 e. The van der Waals surface area contributed by atoms with E-state index < -0.39 is 11.3 Å². The summed E-state index contributed by atoms with van der Waals surface area (Å²) in [4.78, 5) is 39.3. The lowest BCUT2D eigenvalue weighted by Crippen LogP contribution is -2.21. The molecule has 0 atom stereocenters. The summed E-state index contributed by atoms with van der Waals surface area (Å²) >= 11 is 0. The van der Waals surface area contributed by atoms with Gasteiger partial charge in [0.05, 0.1) is 0 Å². The molecule has 0 bridgehead atoms. The first-order chi connectivity index (χ1) is 16.5. The molecule has 0 aliphatic rings. The normalized spacial score (nSPS) is 11.6. The van der Waals surface area contributed by atoms with Gasteiger partial charge in [0.2, 0.25) is 0 Å². The van der Waals surface area contributed by atoms with E-state index >= 15 is 0 Å². The first-order valence-electron chi connectivity index (χ1n) is 11.6. The number of benzene rings is 2. The molecule has 0 saturated carbocycles. The molecule has 0 unspecified atom stereocenters. The summed E-state index contributed by atoms with van der Waals surface area (Å²) in [6.07, 6.45) is 0. The average Bonchev–Trinajstić information content (AvgIpc) is 2.85. The highest BCUT2D eigenvalue weighted by Gasteiger charge is 2.18. The van der Waals surface area contributed by atoms with Crippen LogP contribution in [0.5, 0.6) is 0 Å². The van der Waals surface area contributed by atoms with Crippen molar-refractivity contribution >= 4 is 55.4 Å². The fraction of sp³-hybridized carbons (Fsp3) is 0.308. The first kappa shape index (κ1) is 21.9. The number of rotatable bonds is 6. The molecular formula is C26H26N4O4. The van der Waals surface area contributed by atoms with Crippen LogP contribution in [0.3, 0.4) is 0 Å². The van der Waals surface area contributed by atoms with Gasteiger partial charge in [0.15, 0.2) is 11.0 Å². The number of nitrogens with zero attached hydrogens (tertiary/aromatic N) is 4. The van der Waals surface area contributed by atoms with Crippen molar-refractivity contribution in [2.45, 2.75) is 27.7 Å². The molecule has 0 N–H and O–H groups in total. The van der Waals surface area contributed by atoms with Crippen LogP contribution in [-0.2, 0) is 0 Å². The van der Waals surface area contributed by atoms with E-state index in [2.05, 4.69) is 47.5 Å². The molecule has 0 saturated heterocycles. The fourth-order valence-electron chi connectivity index (χ4n) is 4.55. The zero-order valence-corrected chi connectivity index (χ0v) is 19.7. The number of anilines is 2. The van der Waals surface area contributed by atoms with E-state index in [-0.39, 0.29) is 11.0 Å². The van der Waals surface area contributed by atoms with Crippen LogP contribution in [0.15, 0.2) is 54.8 Å². The van der Waals surface area contributed by atoms with Crippen LogP contribution in [0.1, 0.15) is 27.7 Å². The quantitative estimate of drug-likeness (QED) is 0.206. The predicted octanol–water partition coefficient (Wildman–Crippen LogP) is 4.69. The molecule has 5 aromatic rings. The van der Waals surface area contributed by atoms with Crippen molar-refractivity contribution in [2.24, 2.45) is 0 Å². The van der Waals surface area contributed by atoms with E-state index in [1.54, 1.807) is 0 Å². The third-order valence-electron chi connectivity index (χ3n) is 6.39. The molecular weight excluding hydrogens is 432 g/mol. The Hall–Kier alpha value is -3.94. The molecule has 5 rings (SSSR count). The van der Waals surface area contributed by atoms with Crippen LogP contribution in [-0.4, -0.2) is 36.1 Å². The Morgan fingerprint density at radius 3 is 1.35 bits per heavy atom. The molecule has 3 aromatic heterocycles. The SMILES string of the molecule is CCN(CC)c1ccc2c(c1)oc(=O)c1nc3c(nc12)c(=O)oc1cc(N(CC)CC)ccc13. The molecule has 2 aromatic carbocycles. The summed E-state index contributed by atoms with van der Waals surface area (Å²) in [5, 5.41) is 1.24. The van der Waals surface area contributed by atoms with Gasteiger partial charge in [0.1, 0.15) is 22.2 Å². The molecule has 3 heterocycles. The van der Waals surface area contributed by atoms with Crippen LogP contribution in [0.4, 0.5) is 11.4 Å². The minimum absolute atomic E-state index is 0.0929. The van der Waals surface area contributed by atoms with Crippen molar-refractivity contribution in [3.8, 4) is 0 Å². The third-order valence-corrected chi connectivity index (χ3v) is 6.39. The first-order valence-corrected chi connectivity index (χ1v) is 11.6. The van der Waals surface area contributed by atoms with Crippen molar-refractivity contribution in [1.82, 2.24) is 9.97 Å². The standard InChI is InChI=1S/C26H26N4O4/c1-5-29(6-2)15-9-11-17-19(13-15)33-25(31)23-21(17)27-24-22(28-23)18-12-10-16(30(7-3)8-4)14-20(18)34-26(24)32/h9-14H,5-8H2,1-4H3. The van der Waals surface area contributed by atoms with Gasteiger partial charge in [-0.1, -0.05) is 0 Å². The van der Waals surface area contributed by atoms with Gasteiger partial charge < -0.3 is 18.6 Å². The Morgan fingerprint density at radius 1 is 0.618 bits per heavy atom. The summed E-state index contributed by atoms with van der Waals surface area (Å²) in [5.41, 5.74) is 2.38. The summed E-state index contributed by atoms with van der Waals surface area (Å²) in [7, 11) is 0. The predicted molar refractivity (Wildman–Crippen MR) is 136 cm³/mol. The lowest BCUT2D eigenvalue weighted by atomic mass is 10.1. The summed E-state index contributed by atoms with van der Waals surface area (Å²) in [6.45, 7) is 11.6. The number of fused-ring (bicyclic) bond motifs is 6. The second-order valence-electron chi connectivity index (χ2n) is 8.10. The molecule has 8 heteroatoms. The van der Waals surface area contributed by atoms with E-state index in [4.69, 9.17) is 8.83 Å². The topological polar surface area (TPSA) is 92.7 Å². The van der Waals surface area contributed by atoms with Gasteiger partial charge in [0.25, 0.3) is 0 Å². The van der Waals surface area contributed by atoms with Crippen molar-refractivity contribution in [1.29, 1.82) is 0 Å². The minimum atomic E-state index is -0.588. The highest BCUT2D eigenvalue weighted by Crippen LogP contribution is 2.29. The van der Waals surface area contributed by atoms with Crippen LogP contribution >= 0.6 is 0 Å². The van der Waals surface area contributed by atoms with Crippen molar-refractivity contribution in [2.75, 3.05) is 36.0 Å². The second kappa shape index (κ2) is 8.44. The average molecular weight is 459 g/mol. The van der Waals surface area contributed by atoms with Gasteiger partial charge >= 0.3 is 11.3 Å². The van der Waals surface area contributed by atoms with Crippen molar-refractivity contribution < 1.29 is 8.83 Å². The molecule has 174 valence electrons. The summed E-state index contributed by atoms with van der Waals surface area (Å²) in [5.74, 6) is 0. The highest BCUT2D eigenvalue weighted by molar-refractivity contribution is 6.08. The molecule has 34 heavy (non-hydrogen) atoms. The van der Waals surface area contributed by atoms with E-state index in [1.807, 2.05) is 36.4 Å². The maximum atomic E-state index is 12.9. The second-order valence-corrected chi connectivity index (χ2v) is 8.10. The Labute approximate surface area is 195 Å². The Morgan fingerprint density at radius 2 is 1.00 bits per heavy atom. The lowest BCUT2D eigenvalue weighted by Gasteiger charge is -2.21. The lowest BCUT2D eigenvalue weighted by molar-refractivity contribution is 0.564. The van der Waals surface area contributed by atoms with Gasteiger partial charge in [-0.3, -0.25) is 0 Å². The molecule has 0 radical (unpaired) electrons. The van der Waals surface area contributed by atoms with Crippen LogP contribution < -0.4 is 21.1 Å². The van der Waals surface area contributed by atoms with Gasteiger partial charge in [-0.05, 0) is 52.0 Å². The van der Waals surface area contributed by atoms with E-state index in [0.717, 1.165) is 37.6 Å².